The van der Waals surface area contributed by atoms with E-state index in [1.165, 1.54) is 5.69 Å². The highest BCUT2D eigenvalue weighted by molar-refractivity contribution is 5.95. The molecule has 1 aromatic heterocycles. The van der Waals surface area contributed by atoms with Crippen LogP contribution in [0.1, 0.15) is 84.5 Å². The van der Waals surface area contributed by atoms with Crippen molar-refractivity contribution in [2.45, 2.75) is 103 Å². The fraction of sp³-hybridized carbons (Fsp3) is 0.531. The molecule has 0 bridgehead atoms. The van der Waals surface area contributed by atoms with E-state index in [0.29, 0.717) is 13.0 Å². The molecule has 0 spiro atoms. The number of hydrogen-bond donors (Lipinski definition) is 1. The van der Waals surface area contributed by atoms with Gasteiger partial charge >= 0.3 is 0 Å². The Morgan fingerprint density at radius 1 is 1.00 bits per heavy atom. The first-order chi connectivity index (χ1) is 17.7. The highest BCUT2D eigenvalue weighted by atomic mass is 16.7. The molecular weight excluding hydrogens is 478 g/mol. The van der Waals surface area contributed by atoms with Crippen LogP contribution < -0.4 is 9.47 Å². The highest BCUT2D eigenvalue weighted by Gasteiger charge is 2.51. The second-order valence-corrected chi connectivity index (χ2v) is 12.9. The molecule has 1 saturated carbocycles. The number of carbonyl (C=O) groups is 1. The van der Waals surface area contributed by atoms with Crippen LogP contribution in [-0.2, 0) is 33.3 Å². The van der Waals surface area contributed by atoms with Gasteiger partial charge in [0.2, 0.25) is 5.79 Å². The predicted molar refractivity (Wildman–Crippen MR) is 149 cm³/mol. The molecule has 3 aromatic rings. The first-order valence-corrected chi connectivity index (χ1v) is 13.7. The third-order valence-electron chi connectivity index (χ3n) is 7.57. The summed E-state index contributed by atoms with van der Waals surface area (Å²) in [4.78, 5) is 13.6. The van der Waals surface area contributed by atoms with Crippen molar-refractivity contribution in [3.8, 4) is 11.5 Å². The third kappa shape index (κ3) is 5.34. The SMILES string of the molecule is CC(C)(O)OCCCn1c(C(C)(C)C)cc2cc(CC(=O)C3(c4ccc5c(c4)OC(C)(C)O5)CC3)ccc21. The van der Waals surface area contributed by atoms with Crippen LogP contribution in [0.5, 0.6) is 11.5 Å². The molecule has 0 unspecified atom stereocenters. The van der Waals surface area contributed by atoms with E-state index in [-0.39, 0.29) is 11.2 Å². The second-order valence-electron chi connectivity index (χ2n) is 12.9. The average molecular weight is 520 g/mol. The summed E-state index contributed by atoms with van der Waals surface area (Å²) in [6.45, 7) is 15.0. The number of Topliss-reactive ketones (excluding diaryl/α,β-unsaturated/α-hetero) is 1. The van der Waals surface area contributed by atoms with E-state index in [1.807, 2.05) is 32.0 Å². The van der Waals surface area contributed by atoms with Crippen molar-refractivity contribution >= 4 is 16.7 Å². The number of benzene rings is 2. The Balaban J connectivity index is 1.35. The standard InChI is InChI=1S/C32H41NO5/c1-29(2,3)27-19-22-17-21(9-11-24(22)33(27)15-8-16-36-30(4,5)35)18-28(34)32(13-14-32)23-10-12-25-26(20-23)38-31(6,7)37-25/h9-12,17,19-20,35H,8,13-16,18H2,1-7H3. The van der Waals surface area contributed by atoms with Crippen molar-refractivity contribution < 1.29 is 24.1 Å². The molecule has 2 aliphatic rings. The monoisotopic (exact) mass is 519 g/mol. The lowest BCUT2D eigenvalue weighted by atomic mass is 9.87. The van der Waals surface area contributed by atoms with Crippen LogP contribution in [0.4, 0.5) is 0 Å². The molecular formula is C32H41NO5. The molecule has 1 aliphatic carbocycles. The Labute approximate surface area is 225 Å². The van der Waals surface area contributed by atoms with Crippen LogP contribution in [0.25, 0.3) is 10.9 Å². The maximum atomic E-state index is 13.6. The number of nitrogens with zero attached hydrogens (tertiary/aromatic N) is 1. The van der Waals surface area contributed by atoms with Gasteiger partial charge in [0.15, 0.2) is 17.3 Å². The molecule has 2 heterocycles. The molecule has 1 N–H and O–H groups in total. The van der Waals surface area contributed by atoms with Gasteiger partial charge < -0.3 is 23.9 Å². The van der Waals surface area contributed by atoms with E-state index in [4.69, 9.17) is 14.2 Å². The quantitative estimate of drug-likeness (QED) is 0.261. The summed E-state index contributed by atoms with van der Waals surface area (Å²) < 4.78 is 19.7. The summed E-state index contributed by atoms with van der Waals surface area (Å²) in [6, 6.07) is 14.6. The van der Waals surface area contributed by atoms with Gasteiger partial charge in [0.05, 0.1) is 12.0 Å². The summed E-state index contributed by atoms with van der Waals surface area (Å²) in [5.74, 6) is -0.0881. The van der Waals surface area contributed by atoms with E-state index in [0.717, 1.165) is 59.3 Å². The fourth-order valence-corrected chi connectivity index (χ4v) is 5.57. The van der Waals surface area contributed by atoms with Crippen LogP contribution in [0.2, 0.25) is 0 Å². The topological polar surface area (TPSA) is 69.9 Å². The van der Waals surface area contributed by atoms with Gasteiger partial charge in [-0.2, -0.15) is 0 Å². The van der Waals surface area contributed by atoms with Gasteiger partial charge in [0.25, 0.3) is 0 Å². The molecule has 1 fully saturated rings. The van der Waals surface area contributed by atoms with E-state index >= 15 is 0 Å². The molecule has 0 atom stereocenters. The number of carbonyl (C=O) groups excluding carboxylic acids is 1. The van der Waals surface area contributed by atoms with Crippen molar-refractivity contribution in [1.29, 1.82) is 0 Å². The molecule has 6 heteroatoms. The number of aromatic nitrogens is 1. The maximum Gasteiger partial charge on any atom is 0.246 e. The first kappa shape index (κ1) is 26.8. The first-order valence-electron chi connectivity index (χ1n) is 13.7. The number of rotatable bonds is 9. The number of aryl methyl sites for hydroxylation is 1. The zero-order valence-corrected chi connectivity index (χ0v) is 23.8. The number of hydrogen-bond acceptors (Lipinski definition) is 5. The Bertz CT molecular complexity index is 1360. The van der Waals surface area contributed by atoms with Gasteiger partial charge in [-0.05, 0) is 74.6 Å². The van der Waals surface area contributed by atoms with Crippen LogP contribution in [0, 0.1) is 0 Å². The number of fused-ring (bicyclic) bond motifs is 2. The lowest BCUT2D eigenvalue weighted by Gasteiger charge is -2.23. The lowest BCUT2D eigenvalue weighted by Crippen LogP contribution is -2.29. The van der Waals surface area contributed by atoms with Gasteiger partial charge in [-0.15, -0.1) is 0 Å². The van der Waals surface area contributed by atoms with E-state index < -0.39 is 17.0 Å². The molecule has 2 aromatic carbocycles. The average Bonchev–Trinajstić information content (AvgIpc) is 3.43. The summed E-state index contributed by atoms with van der Waals surface area (Å²) in [7, 11) is 0. The molecule has 0 saturated heterocycles. The van der Waals surface area contributed by atoms with Gasteiger partial charge in [-0.3, -0.25) is 4.79 Å². The summed E-state index contributed by atoms with van der Waals surface area (Å²) >= 11 is 0. The number of ketones is 1. The van der Waals surface area contributed by atoms with Crippen molar-refractivity contribution in [2.24, 2.45) is 0 Å². The van der Waals surface area contributed by atoms with E-state index in [9.17, 15) is 9.90 Å². The number of ether oxygens (including phenoxy) is 3. The molecule has 1 aliphatic heterocycles. The van der Waals surface area contributed by atoms with Gasteiger partial charge in [-0.1, -0.05) is 32.9 Å². The minimum atomic E-state index is -1.12. The Hall–Kier alpha value is -2.83. The normalized spacial score (nSPS) is 17.7. The van der Waals surface area contributed by atoms with Crippen molar-refractivity contribution in [1.82, 2.24) is 4.57 Å². The molecule has 0 radical (unpaired) electrons. The highest BCUT2D eigenvalue weighted by Crippen LogP contribution is 2.52. The van der Waals surface area contributed by atoms with E-state index in [2.05, 4.69) is 49.6 Å². The summed E-state index contributed by atoms with van der Waals surface area (Å²) in [6.07, 6.45) is 2.94. The van der Waals surface area contributed by atoms with Crippen molar-refractivity contribution in [3.05, 3.63) is 59.3 Å². The van der Waals surface area contributed by atoms with Gasteiger partial charge in [0.1, 0.15) is 5.78 Å². The Kier molecular flexibility index (Phi) is 6.43. The third-order valence-corrected chi connectivity index (χ3v) is 7.57. The largest absolute Gasteiger partial charge is 0.449 e. The zero-order valence-electron chi connectivity index (χ0n) is 23.8. The molecule has 6 nitrogen and oxygen atoms in total. The van der Waals surface area contributed by atoms with Gasteiger partial charge in [-0.25, -0.2) is 0 Å². The molecule has 38 heavy (non-hydrogen) atoms. The Morgan fingerprint density at radius 3 is 2.37 bits per heavy atom. The van der Waals surface area contributed by atoms with Crippen molar-refractivity contribution in [2.75, 3.05) is 6.61 Å². The summed E-state index contributed by atoms with van der Waals surface area (Å²) in [5, 5.41) is 11.0. The molecule has 204 valence electrons. The lowest BCUT2D eigenvalue weighted by molar-refractivity contribution is -0.176. The smallest absolute Gasteiger partial charge is 0.246 e. The van der Waals surface area contributed by atoms with Crippen LogP contribution in [0.15, 0.2) is 42.5 Å². The van der Waals surface area contributed by atoms with Crippen LogP contribution in [0.3, 0.4) is 0 Å². The fourth-order valence-electron chi connectivity index (χ4n) is 5.57. The van der Waals surface area contributed by atoms with Crippen LogP contribution >= 0.6 is 0 Å². The van der Waals surface area contributed by atoms with E-state index in [1.54, 1.807) is 13.8 Å². The maximum absolute atomic E-state index is 13.6. The van der Waals surface area contributed by atoms with Crippen LogP contribution in [-0.4, -0.2) is 33.6 Å². The Morgan fingerprint density at radius 2 is 1.71 bits per heavy atom. The minimum Gasteiger partial charge on any atom is -0.449 e. The molecule has 0 amide bonds. The van der Waals surface area contributed by atoms with Gasteiger partial charge in [0, 0.05) is 48.8 Å². The number of aliphatic hydroxyl groups is 1. The second kappa shape index (κ2) is 9.13. The predicted octanol–water partition coefficient (Wildman–Crippen LogP) is 6.42. The summed E-state index contributed by atoms with van der Waals surface area (Å²) in [5.41, 5.74) is 4.02. The molecule has 5 rings (SSSR count). The minimum absolute atomic E-state index is 0.0297. The zero-order chi connectivity index (χ0) is 27.5. The van der Waals surface area contributed by atoms with Crippen molar-refractivity contribution in [3.63, 3.8) is 0 Å².